The van der Waals surface area contributed by atoms with E-state index < -0.39 is 0 Å². The maximum atomic E-state index is 5.57. The Morgan fingerprint density at radius 2 is 2.05 bits per heavy atom. The van der Waals surface area contributed by atoms with Crippen LogP contribution in [-0.4, -0.2) is 47.8 Å². The summed E-state index contributed by atoms with van der Waals surface area (Å²) in [4.78, 5) is 11.2. The summed E-state index contributed by atoms with van der Waals surface area (Å²) in [5.74, 6) is 0.637. The fourth-order valence-electron chi connectivity index (χ4n) is 2.53. The van der Waals surface area contributed by atoms with Crippen LogP contribution in [0.15, 0.2) is 36.7 Å². The Morgan fingerprint density at radius 3 is 2.77 bits per heavy atom. The highest BCUT2D eigenvalue weighted by Gasteiger charge is 2.12. The number of nitrogens with zero attached hydrogens (tertiary/aromatic N) is 3. The largest absolute Gasteiger partial charge is 0.477 e. The topological polar surface area (TPSA) is 47.5 Å². The molecule has 0 aromatic carbocycles. The van der Waals surface area contributed by atoms with Crippen LogP contribution in [0.2, 0.25) is 0 Å². The number of hydrogen-bond acceptors (Lipinski definition) is 5. The van der Waals surface area contributed by atoms with Gasteiger partial charge in [0.15, 0.2) is 0 Å². The van der Waals surface area contributed by atoms with Crippen molar-refractivity contribution in [1.82, 2.24) is 14.9 Å². The maximum Gasteiger partial charge on any atom is 0.222 e. The van der Waals surface area contributed by atoms with Gasteiger partial charge in [0.2, 0.25) is 5.88 Å². The van der Waals surface area contributed by atoms with Crippen LogP contribution in [0.1, 0.15) is 12.5 Å². The van der Waals surface area contributed by atoms with Crippen LogP contribution in [0.3, 0.4) is 0 Å². The van der Waals surface area contributed by atoms with Crippen molar-refractivity contribution in [2.45, 2.75) is 13.5 Å². The lowest BCUT2D eigenvalue weighted by Crippen LogP contribution is -2.35. The van der Waals surface area contributed by atoms with Gasteiger partial charge < -0.3 is 9.47 Å². The minimum Gasteiger partial charge on any atom is -0.477 e. The number of hydrogen-bond donors (Lipinski definition) is 0. The molecule has 1 aliphatic rings. The molecule has 5 heteroatoms. The minimum absolute atomic E-state index is 0.596. The Hall–Kier alpha value is -1.98. The fourth-order valence-corrected chi connectivity index (χ4v) is 2.53. The average Bonchev–Trinajstić information content (AvgIpc) is 2.58. The van der Waals surface area contributed by atoms with Crippen LogP contribution in [0, 0.1) is 0 Å². The number of aromatic nitrogens is 2. The highest BCUT2D eigenvalue weighted by atomic mass is 16.5. The van der Waals surface area contributed by atoms with E-state index in [0.717, 1.165) is 44.1 Å². The van der Waals surface area contributed by atoms with Gasteiger partial charge >= 0.3 is 0 Å². The van der Waals surface area contributed by atoms with E-state index in [0.29, 0.717) is 12.5 Å². The Labute approximate surface area is 130 Å². The Balaban J connectivity index is 1.73. The molecule has 116 valence electrons. The van der Waals surface area contributed by atoms with Gasteiger partial charge in [-0.2, -0.15) is 0 Å². The second kappa shape index (κ2) is 7.33. The highest BCUT2D eigenvalue weighted by Crippen LogP contribution is 2.26. The number of rotatable bonds is 5. The van der Waals surface area contributed by atoms with Crippen LogP contribution >= 0.6 is 0 Å². The SMILES string of the molecule is CCOc1ncccc1-c1ccc(CN2CCOCC2)cn1. The Bertz CT molecular complexity index is 595. The van der Waals surface area contributed by atoms with Crippen molar-refractivity contribution in [2.75, 3.05) is 32.9 Å². The van der Waals surface area contributed by atoms with Gasteiger partial charge in [0.25, 0.3) is 0 Å². The molecule has 3 heterocycles. The van der Waals surface area contributed by atoms with Crippen molar-refractivity contribution in [3.8, 4) is 17.1 Å². The third kappa shape index (κ3) is 3.61. The molecule has 0 N–H and O–H groups in total. The molecule has 1 saturated heterocycles. The van der Waals surface area contributed by atoms with Crippen LogP contribution in [-0.2, 0) is 11.3 Å². The standard InChI is InChI=1S/C17H21N3O2/c1-2-22-17-15(4-3-7-18-17)16-6-5-14(12-19-16)13-20-8-10-21-11-9-20/h3-7,12H,2,8-11,13H2,1H3. The van der Waals surface area contributed by atoms with Gasteiger partial charge in [-0.15, -0.1) is 0 Å². The van der Waals surface area contributed by atoms with Crippen molar-refractivity contribution in [3.05, 3.63) is 42.2 Å². The van der Waals surface area contributed by atoms with E-state index in [4.69, 9.17) is 9.47 Å². The molecule has 0 amide bonds. The summed E-state index contributed by atoms with van der Waals surface area (Å²) >= 11 is 0. The van der Waals surface area contributed by atoms with E-state index in [1.807, 2.05) is 31.3 Å². The van der Waals surface area contributed by atoms with Crippen LogP contribution in [0.25, 0.3) is 11.3 Å². The zero-order valence-corrected chi connectivity index (χ0v) is 12.9. The zero-order chi connectivity index (χ0) is 15.2. The number of pyridine rings is 2. The Kier molecular flexibility index (Phi) is 4.98. The molecule has 3 rings (SSSR count). The molecule has 0 aliphatic carbocycles. The molecule has 0 radical (unpaired) electrons. The molecule has 0 bridgehead atoms. The first-order valence-corrected chi connectivity index (χ1v) is 7.70. The zero-order valence-electron chi connectivity index (χ0n) is 12.9. The predicted octanol–water partition coefficient (Wildman–Crippen LogP) is 2.37. The third-order valence-corrected chi connectivity index (χ3v) is 3.66. The Morgan fingerprint density at radius 1 is 1.18 bits per heavy atom. The smallest absolute Gasteiger partial charge is 0.222 e. The molecule has 2 aromatic rings. The van der Waals surface area contributed by atoms with E-state index in [9.17, 15) is 0 Å². The first-order valence-electron chi connectivity index (χ1n) is 7.70. The minimum atomic E-state index is 0.596. The molecule has 1 aliphatic heterocycles. The van der Waals surface area contributed by atoms with Gasteiger partial charge in [0, 0.05) is 32.0 Å². The lowest BCUT2D eigenvalue weighted by Gasteiger charge is -2.26. The van der Waals surface area contributed by atoms with Crippen molar-refractivity contribution >= 4 is 0 Å². The van der Waals surface area contributed by atoms with Crippen LogP contribution in [0.4, 0.5) is 0 Å². The van der Waals surface area contributed by atoms with Crippen molar-refractivity contribution < 1.29 is 9.47 Å². The van der Waals surface area contributed by atoms with Crippen molar-refractivity contribution in [3.63, 3.8) is 0 Å². The molecule has 5 nitrogen and oxygen atoms in total. The summed E-state index contributed by atoms with van der Waals surface area (Å²) in [7, 11) is 0. The first kappa shape index (κ1) is 14.9. The van der Waals surface area contributed by atoms with E-state index in [2.05, 4.69) is 20.9 Å². The van der Waals surface area contributed by atoms with E-state index in [-0.39, 0.29) is 0 Å². The summed E-state index contributed by atoms with van der Waals surface area (Å²) in [5.41, 5.74) is 3.04. The molecule has 22 heavy (non-hydrogen) atoms. The molecule has 0 unspecified atom stereocenters. The number of morpholine rings is 1. The normalized spacial score (nSPS) is 15.7. The van der Waals surface area contributed by atoms with Crippen molar-refractivity contribution in [2.24, 2.45) is 0 Å². The van der Waals surface area contributed by atoms with E-state index in [1.54, 1.807) is 6.20 Å². The van der Waals surface area contributed by atoms with Gasteiger partial charge in [-0.3, -0.25) is 9.88 Å². The van der Waals surface area contributed by atoms with Gasteiger partial charge in [-0.1, -0.05) is 6.07 Å². The first-order chi connectivity index (χ1) is 10.9. The quantitative estimate of drug-likeness (QED) is 0.848. The lowest BCUT2D eigenvalue weighted by atomic mass is 10.1. The molecule has 0 atom stereocenters. The van der Waals surface area contributed by atoms with Gasteiger partial charge in [0.1, 0.15) is 0 Å². The molecule has 0 spiro atoms. The summed E-state index contributed by atoms with van der Waals surface area (Å²) in [5, 5.41) is 0. The summed E-state index contributed by atoms with van der Waals surface area (Å²) < 4.78 is 10.9. The molecule has 2 aromatic heterocycles. The molecular weight excluding hydrogens is 278 g/mol. The van der Waals surface area contributed by atoms with E-state index >= 15 is 0 Å². The molecule has 1 fully saturated rings. The second-order valence-electron chi connectivity index (χ2n) is 5.23. The van der Waals surface area contributed by atoms with Gasteiger partial charge in [-0.25, -0.2) is 4.98 Å². The van der Waals surface area contributed by atoms with Crippen LogP contribution in [0.5, 0.6) is 5.88 Å². The van der Waals surface area contributed by atoms with Crippen molar-refractivity contribution in [1.29, 1.82) is 0 Å². The monoisotopic (exact) mass is 299 g/mol. The lowest BCUT2D eigenvalue weighted by molar-refractivity contribution is 0.0341. The number of ether oxygens (including phenoxy) is 2. The molecular formula is C17H21N3O2. The van der Waals surface area contributed by atoms with Crippen LogP contribution < -0.4 is 4.74 Å². The van der Waals surface area contributed by atoms with E-state index in [1.165, 1.54) is 5.56 Å². The average molecular weight is 299 g/mol. The fraction of sp³-hybridized carbons (Fsp3) is 0.412. The third-order valence-electron chi connectivity index (χ3n) is 3.66. The highest BCUT2D eigenvalue weighted by molar-refractivity contribution is 5.64. The van der Waals surface area contributed by atoms with Gasteiger partial charge in [0.05, 0.1) is 31.1 Å². The summed E-state index contributed by atoms with van der Waals surface area (Å²) in [6.45, 7) is 7.08. The second-order valence-corrected chi connectivity index (χ2v) is 5.23. The summed E-state index contributed by atoms with van der Waals surface area (Å²) in [6.07, 6.45) is 3.68. The maximum absolute atomic E-state index is 5.57. The predicted molar refractivity (Wildman–Crippen MR) is 84.7 cm³/mol. The summed E-state index contributed by atoms with van der Waals surface area (Å²) in [6, 6.07) is 8.05. The molecule has 0 saturated carbocycles. The van der Waals surface area contributed by atoms with Gasteiger partial charge in [-0.05, 0) is 30.7 Å².